The molecule has 0 aliphatic heterocycles. The molecule has 0 aliphatic carbocycles. The molecule has 0 radical (unpaired) electrons. The zero-order chi connectivity index (χ0) is 19.3. The van der Waals surface area contributed by atoms with Crippen molar-refractivity contribution < 1.29 is 4.74 Å². The van der Waals surface area contributed by atoms with E-state index in [1.54, 1.807) is 0 Å². The monoisotopic (exact) mass is 370 g/mol. The number of fused-ring (bicyclic) bond motifs is 1. The summed E-state index contributed by atoms with van der Waals surface area (Å²) >= 11 is 0. The van der Waals surface area contributed by atoms with Crippen LogP contribution in [-0.4, -0.2) is 11.5 Å². The highest BCUT2D eigenvalue weighted by Gasteiger charge is 2.17. The molecule has 0 aliphatic rings. The second-order valence-electron chi connectivity index (χ2n) is 7.13. The highest BCUT2D eigenvalue weighted by molar-refractivity contribution is 5.93. The first-order valence-electron chi connectivity index (χ1n) is 9.90. The quantitative estimate of drug-likeness (QED) is 0.380. The van der Waals surface area contributed by atoms with E-state index in [9.17, 15) is 0 Å². The van der Waals surface area contributed by atoms with Gasteiger partial charge >= 0.3 is 0 Å². The lowest BCUT2D eigenvalue weighted by Gasteiger charge is -2.12. The van der Waals surface area contributed by atoms with Crippen LogP contribution in [0.1, 0.15) is 24.0 Å². The third-order valence-corrected chi connectivity index (χ3v) is 5.16. The molecule has 4 aromatic rings. The standard InChI is InChI=1S/C25H26N2O/c1-18-10-9-15-20-21(13-7-8-17-26)25(27-24(18)20)22-14-5-6-16-23(22)28-19-11-3-2-4-12-19/h2-6,9-12,14-16,27H,7-8,13,17,26H2,1H3. The lowest BCUT2D eigenvalue weighted by molar-refractivity contribution is 0.484. The SMILES string of the molecule is Cc1cccc2c(CCCCN)c(-c3ccccc3Oc3ccccc3)[nH]c12. The predicted molar refractivity (Wildman–Crippen MR) is 117 cm³/mol. The molecule has 1 heterocycles. The van der Waals surface area contributed by atoms with E-state index in [0.29, 0.717) is 0 Å². The fourth-order valence-corrected chi connectivity index (χ4v) is 3.73. The Morgan fingerprint density at radius 1 is 0.857 bits per heavy atom. The zero-order valence-corrected chi connectivity index (χ0v) is 16.2. The van der Waals surface area contributed by atoms with Gasteiger partial charge in [-0.05, 0) is 68.1 Å². The van der Waals surface area contributed by atoms with Crippen molar-refractivity contribution in [1.29, 1.82) is 0 Å². The van der Waals surface area contributed by atoms with E-state index in [1.807, 2.05) is 42.5 Å². The van der Waals surface area contributed by atoms with E-state index >= 15 is 0 Å². The number of benzene rings is 3. The fourth-order valence-electron chi connectivity index (χ4n) is 3.73. The number of nitrogens with one attached hydrogen (secondary N) is 1. The second-order valence-corrected chi connectivity index (χ2v) is 7.13. The van der Waals surface area contributed by atoms with Gasteiger partial charge in [-0.3, -0.25) is 0 Å². The molecule has 4 rings (SSSR count). The molecule has 142 valence electrons. The van der Waals surface area contributed by atoms with Crippen LogP contribution in [0.4, 0.5) is 0 Å². The Labute approximate surface area is 166 Å². The maximum atomic E-state index is 6.23. The summed E-state index contributed by atoms with van der Waals surface area (Å²) in [7, 11) is 0. The van der Waals surface area contributed by atoms with Crippen molar-refractivity contribution in [2.24, 2.45) is 5.73 Å². The minimum absolute atomic E-state index is 0.727. The first-order chi connectivity index (χ1) is 13.8. The molecule has 0 spiro atoms. The largest absolute Gasteiger partial charge is 0.457 e. The lowest BCUT2D eigenvalue weighted by atomic mass is 9.99. The van der Waals surface area contributed by atoms with Gasteiger partial charge in [0.05, 0.1) is 5.69 Å². The summed E-state index contributed by atoms with van der Waals surface area (Å²) in [6, 6.07) is 24.7. The maximum absolute atomic E-state index is 6.23. The first-order valence-corrected chi connectivity index (χ1v) is 9.90. The molecule has 3 nitrogen and oxygen atoms in total. The van der Waals surface area contributed by atoms with Gasteiger partial charge in [-0.1, -0.05) is 48.5 Å². The molecule has 0 amide bonds. The van der Waals surface area contributed by atoms with E-state index in [1.165, 1.54) is 22.0 Å². The van der Waals surface area contributed by atoms with Gasteiger partial charge in [-0.15, -0.1) is 0 Å². The number of aromatic nitrogens is 1. The average molecular weight is 370 g/mol. The summed E-state index contributed by atoms with van der Waals surface area (Å²) < 4.78 is 6.23. The van der Waals surface area contributed by atoms with Crippen molar-refractivity contribution in [3.8, 4) is 22.8 Å². The van der Waals surface area contributed by atoms with Gasteiger partial charge in [0.25, 0.3) is 0 Å². The van der Waals surface area contributed by atoms with Crippen LogP contribution in [0.2, 0.25) is 0 Å². The maximum Gasteiger partial charge on any atom is 0.136 e. The molecule has 0 bridgehead atoms. The molecule has 3 heteroatoms. The Kier molecular flexibility index (Phi) is 5.45. The van der Waals surface area contributed by atoms with E-state index in [4.69, 9.17) is 10.5 Å². The average Bonchev–Trinajstić information content (AvgIpc) is 3.09. The lowest BCUT2D eigenvalue weighted by Crippen LogP contribution is -1.99. The van der Waals surface area contributed by atoms with Gasteiger partial charge in [0, 0.05) is 16.5 Å². The summed E-state index contributed by atoms with van der Waals surface area (Å²) in [5.41, 5.74) is 11.8. The normalized spacial score (nSPS) is 11.1. The molecule has 0 fully saturated rings. The molecule has 0 saturated heterocycles. The molecule has 0 saturated carbocycles. The zero-order valence-electron chi connectivity index (χ0n) is 16.2. The summed E-state index contributed by atoms with van der Waals surface area (Å²) in [6.45, 7) is 2.88. The first kappa shape index (κ1) is 18.3. The smallest absolute Gasteiger partial charge is 0.136 e. The third-order valence-electron chi connectivity index (χ3n) is 5.16. The van der Waals surface area contributed by atoms with Gasteiger partial charge in [0.2, 0.25) is 0 Å². The minimum atomic E-state index is 0.727. The Hall–Kier alpha value is -3.04. The number of hydrogen-bond donors (Lipinski definition) is 2. The minimum Gasteiger partial charge on any atom is -0.457 e. The van der Waals surface area contributed by atoms with Crippen molar-refractivity contribution in [2.75, 3.05) is 6.54 Å². The van der Waals surface area contributed by atoms with E-state index in [2.05, 4.69) is 42.2 Å². The molecule has 0 unspecified atom stereocenters. The summed E-state index contributed by atoms with van der Waals surface area (Å²) in [4.78, 5) is 3.69. The van der Waals surface area contributed by atoms with Crippen LogP contribution in [-0.2, 0) is 6.42 Å². The summed E-state index contributed by atoms with van der Waals surface area (Å²) in [6.07, 6.45) is 3.10. The number of aromatic amines is 1. The Bertz CT molecular complexity index is 1070. The highest BCUT2D eigenvalue weighted by atomic mass is 16.5. The van der Waals surface area contributed by atoms with Crippen molar-refractivity contribution in [3.05, 3.63) is 83.9 Å². The number of para-hydroxylation sites is 3. The van der Waals surface area contributed by atoms with Gasteiger partial charge in [0.15, 0.2) is 0 Å². The number of ether oxygens (including phenoxy) is 1. The van der Waals surface area contributed by atoms with Crippen LogP contribution in [0, 0.1) is 6.92 Å². The predicted octanol–water partition coefficient (Wildman–Crippen LogP) is 6.22. The molecular weight excluding hydrogens is 344 g/mol. The number of hydrogen-bond acceptors (Lipinski definition) is 2. The van der Waals surface area contributed by atoms with Crippen LogP contribution in [0.3, 0.4) is 0 Å². The number of rotatable bonds is 7. The van der Waals surface area contributed by atoms with Gasteiger partial charge in [-0.25, -0.2) is 0 Å². The van der Waals surface area contributed by atoms with E-state index in [0.717, 1.165) is 48.6 Å². The molecule has 3 N–H and O–H groups in total. The van der Waals surface area contributed by atoms with Crippen LogP contribution in [0.5, 0.6) is 11.5 Å². The second kappa shape index (κ2) is 8.32. The number of nitrogens with two attached hydrogens (primary N) is 1. The van der Waals surface area contributed by atoms with Crippen molar-refractivity contribution in [1.82, 2.24) is 4.98 Å². The fraction of sp³-hybridized carbons (Fsp3) is 0.200. The summed E-state index contributed by atoms with van der Waals surface area (Å²) in [5, 5.41) is 1.29. The number of aryl methyl sites for hydroxylation is 2. The highest BCUT2D eigenvalue weighted by Crippen LogP contribution is 2.38. The molecule has 28 heavy (non-hydrogen) atoms. The van der Waals surface area contributed by atoms with Crippen LogP contribution < -0.4 is 10.5 Å². The van der Waals surface area contributed by atoms with Gasteiger partial charge in [0.1, 0.15) is 11.5 Å². The van der Waals surface area contributed by atoms with Crippen molar-refractivity contribution >= 4 is 10.9 Å². The van der Waals surface area contributed by atoms with E-state index < -0.39 is 0 Å². The molecule has 3 aromatic carbocycles. The summed E-state index contributed by atoms with van der Waals surface area (Å²) in [5.74, 6) is 1.70. The van der Waals surface area contributed by atoms with E-state index in [-0.39, 0.29) is 0 Å². The third kappa shape index (κ3) is 3.67. The molecule has 0 atom stereocenters. The molecular formula is C25H26N2O. The Morgan fingerprint density at radius 3 is 2.46 bits per heavy atom. The topological polar surface area (TPSA) is 51.0 Å². The molecule has 1 aromatic heterocycles. The number of H-pyrrole nitrogens is 1. The van der Waals surface area contributed by atoms with Crippen molar-refractivity contribution in [2.45, 2.75) is 26.2 Å². The van der Waals surface area contributed by atoms with Crippen molar-refractivity contribution in [3.63, 3.8) is 0 Å². The Balaban J connectivity index is 1.82. The van der Waals surface area contributed by atoms with Crippen LogP contribution in [0.15, 0.2) is 72.8 Å². The van der Waals surface area contributed by atoms with Crippen LogP contribution >= 0.6 is 0 Å². The van der Waals surface area contributed by atoms with Gasteiger partial charge < -0.3 is 15.5 Å². The van der Waals surface area contributed by atoms with Crippen LogP contribution in [0.25, 0.3) is 22.2 Å². The Morgan fingerprint density at radius 2 is 1.64 bits per heavy atom. The van der Waals surface area contributed by atoms with Gasteiger partial charge in [-0.2, -0.15) is 0 Å². The number of unbranched alkanes of at least 4 members (excludes halogenated alkanes) is 1.